The molecule has 0 radical (unpaired) electrons. The van der Waals surface area contributed by atoms with Crippen LogP contribution in [0, 0.1) is 6.92 Å². The molecule has 0 bridgehead atoms. The van der Waals surface area contributed by atoms with Gasteiger partial charge in [0.25, 0.3) is 5.91 Å². The molecule has 4 rings (SSSR count). The van der Waals surface area contributed by atoms with E-state index in [0.29, 0.717) is 27.3 Å². The summed E-state index contributed by atoms with van der Waals surface area (Å²) in [6.45, 7) is 3.81. The number of nitrogens with zero attached hydrogens (tertiary/aromatic N) is 3. The van der Waals surface area contributed by atoms with E-state index in [1.165, 1.54) is 6.20 Å². The lowest BCUT2D eigenvalue weighted by Gasteiger charge is -2.23. The summed E-state index contributed by atoms with van der Waals surface area (Å²) < 4.78 is 1.96. The number of aryl methyl sites for hydroxylation is 1. The van der Waals surface area contributed by atoms with Crippen LogP contribution in [0.1, 0.15) is 34.9 Å². The van der Waals surface area contributed by atoms with Crippen LogP contribution < -0.4 is 10.6 Å². The van der Waals surface area contributed by atoms with E-state index in [9.17, 15) is 4.79 Å². The summed E-state index contributed by atoms with van der Waals surface area (Å²) in [6, 6.07) is 7.20. The molecule has 1 aliphatic rings. The average Bonchev–Trinajstić information content (AvgIpc) is 3.02. The molecule has 0 atom stereocenters. The standard InChI is InChI=1S/C19H19Cl2N5O/c1-11-16-17(21)15(19(27)24-13-4-2-12(20)3-5-13)10-23-18(16)26(25-11)14-6-8-22-9-7-14/h2-5,10,14,22H,6-9H2,1H3,(H,24,27). The molecule has 1 aromatic carbocycles. The Morgan fingerprint density at radius 2 is 1.93 bits per heavy atom. The second-order valence-corrected chi connectivity index (χ2v) is 7.47. The molecule has 1 fully saturated rings. The third-order valence-electron chi connectivity index (χ3n) is 4.83. The number of fused-ring (bicyclic) bond motifs is 1. The fraction of sp³-hybridized carbons (Fsp3) is 0.316. The van der Waals surface area contributed by atoms with Crippen molar-refractivity contribution in [1.29, 1.82) is 0 Å². The number of piperidine rings is 1. The Morgan fingerprint density at radius 3 is 2.63 bits per heavy atom. The molecule has 8 heteroatoms. The lowest BCUT2D eigenvalue weighted by atomic mass is 10.1. The second kappa shape index (κ2) is 7.46. The monoisotopic (exact) mass is 403 g/mol. The number of aromatic nitrogens is 3. The Balaban J connectivity index is 1.68. The van der Waals surface area contributed by atoms with E-state index >= 15 is 0 Å². The highest BCUT2D eigenvalue weighted by atomic mass is 35.5. The normalized spacial score (nSPS) is 15.2. The molecule has 0 aliphatic carbocycles. The minimum atomic E-state index is -0.314. The first-order valence-electron chi connectivity index (χ1n) is 8.85. The van der Waals surface area contributed by atoms with Crippen LogP contribution >= 0.6 is 23.2 Å². The van der Waals surface area contributed by atoms with Gasteiger partial charge in [0.2, 0.25) is 0 Å². The average molecular weight is 404 g/mol. The van der Waals surface area contributed by atoms with Gasteiger partial charge in [0.1, 0.15) is 0 Å². The fourth-order valence-corrected chi connectivity index (χ4v) is 3.91. The number of halogens is 2. The van der Waals surface area contributed by atoms with Crippen LogP contribution in [0.4, 0.5) is 5.69 Å². The largest absolute Gasteiger partial charge is 0.322 e. The van der Waals surface area contributed by atoms with Gasteiger partial charge < -0.3 is 10.6 Å². The lowest BCUT2D eigenvalue weighted by Crippen LogP contribution is -2.30. The van der Waals surface area contributed by atoms with Crippen LogP contribution in [-0.2, 0) is 0 Å². The summed E-state index contributed by atoms with van der Waals surface area (Å²) >= 11 is 12.5. The van der Waals surface area contributed by atoms with Crippen molar-refractivity contribution >= 4 is 45.8 Å². The summed E-state index contributed by atoms with van der Waals surface area (Å²) in [7, 11) is 0. The number of carbonyl (C=O) groups is 1. The van der Waals surface area contributed by atoms with Gasteiger partial charge in [-0.2, -0.15) is 5.10 Å². The maximum atomic E-state index is 12.7. The van der Waals surface area contributed by atoms with Gasteiger partial charge in [0, 0.05) is 16.9 Å². The number of pyridine rings is 1. The van der Waals surface area contributed by atoms with Gasteiger partial charge in [-0.1, -0.05) is 23.2 Å². The van der Waals surface area contributed by atoms with E-state index < -0.39 is 0 Å². The number of carbonyl (C=O) groups excluding carboxylic acids is 1. The summed E-state index contributed by atoms with van der Waals surface area (Å²) in [4.78, 5) is 17.2. The molecule has 1 saturated heterocycles. The Labute approximate surface area is 166 Å². The first-order chi connectivity index (χ1) is 13.0. The number of benzene rings is 1. The number of amides is 1. The number of anilines is 1. The fourth-order valence-electron chi connectivity index (χ4n) is 3.43. The Morgan fingerprint density at radius 1 is 1.22 bits per heavy atom. The molecule has 27 heavy (non-hydrogen) atoms. The van der Waals surface area contributed by atoms with Crippen molar-refractivity contribution in [2.24, 2.45) is 0 Å². The van der Waals surface area contributed by atoms with Crippen molar-refractivity contribution in [2.75, 3.05) is 18.4 Å². The smallest absolute Gasteiger partial charge is 0.258 e. The van der Waals surface area contributed by atoms with Gasteiger partial charge in [0.15, 0.2) is 5.65 Å². The third kappa shape index (κ3) is 3.52. The van der Waals surface area contributed by atoms with Gasteiger partial charge in [-0.15, -0.1) is 0 Å². The predicted molar refractivity (Wildman–Crippen MR) is 108 cm³/mol. The van der Waals surface area contributed by atoms with E-state index in [1.807, 2.05) is 11.6 Å². The Bertz CT molecular complexity index is 993. The van der Waals surface area contributed by atoms with Crippen molar-refractivity contribution in [3.05, 3.63) is 51.8 Å². The molecular weight excluding hydrogens is 385 g/mol. The predicted octanol–water partition coefficient (Wildman–Crippen LogP) is 4.22. The van der Waals surface area contributed by atoms with E-state index in [0.717, 1.165) is 42.7 Å². The van der Waals surface area contributed by atoms with Crippen LogP contribution in [0.2, 0.25) is 10.0 Å². The summed E-state index contributed by atoms with van der Waals surface area (Å²) in [5, 5.41) is 12.6. The zero-order chi connectivity index (χ0) is 19.0. The molecule has 1 amide bonds. The highest BCUT2D eigenvalue weighted by Gasteiger charge is 2.24. The molecular formula is C19H19Cl2N5O. The molecule has 0 spiro atoms. The van der Waals surface area contributed by atoms with Gasteiger partial charge in [0.05, 0.1) is 27.7 Å². The first-order valence-corrected chi connectivity index (χ1v) is 9.61. The van der Waals surface area contributed by atoms with Crippen LogP contribution in [0.25, 0.3) is 11.0 Å². The van der Waals surface area contributed by atoms with Crippen molar-refractivity contribution in [3.63, 3.8) is 0 Å². The summed E-state index contributed by atoms with van der Waals surface area (Å²) in [5.41, 5.74) is 2.48. The molecule has 0 saturated carbocycles. The van der Waals surface area contributed by atoms with Crippen molar-refractivity contribution in [1.82, 2.24) is 20.1 Å². The van der Waals surface area contributed by atoms with Gasteiger partial charge in [-0.3, -0.25) is 4.79 Å². The van der Waals surface area contributed by atoms with E-state index in [-0.39, 0.29) is 5.91 Å². The minimum Gasteiger partial charge on any atom is -0.322 e. The van der Waals surface area contributed by atoms with Crippen molar-refractivity contribution < 1.29 is 4.79 Å². The molecule has 2 aromatic heterocycles. The van der Waals surface area contributed by atoms with Crippen LogP contribution in [0.15, 0.2) is 30.5 Å². The van der Waals surface area contributed by atoms with Gasteiger partial charge in [-0.05, 0) is 57.1 Å². The Hall–Kier alpha value is -2.15. The molecule has 3 heterocycles. The lowest BCUT2D eigenvalue weighted by molar-refractivity contribution is 0.102. The highest BCUT2D eigenvalue weighted by Crippen LogP contribution is 2.32. The number of hydrogen-bond acceptors (Lipinski definition) is 4. The van der Waals surface area contributed by atoms with E-state index in [1.54, 1.807) is 24.3 Å². The number of rotatable bonds is 3. The van der Waals surface area contributed by atoms with Gasteiger partial charge >= 0.3 is 0 Å². The van der Waals surface area contributed by atoms with Crippen LogP contribution in [0.5, 0.6) is 0 Å². The molecule has 3 aromatic rings. The molecule has 0 unspecified atom stereocenters. The molecule has 1 aliphatic heterocycles. The van der Waals surface area contributed by atoms with Gasteiger partial charge in [-0.25, -0.2) is 9.67 Å². The Kier molecular flexibility index (Phi) is 5.04. The molecule has 140 valence electrons. The number of hydrogen-bond donors (Lipinski definition) is 2. The quantitative estimate of drug-likeness (QED) is 0.686. The van der Waals surface area contributed by atoms with Crippen LogP contribution in [0.3, 0.4) is 0 Å². The minimum absolute atomic E-state index is 0.291. The van der Waals surface area contributed by atoms with Crippen LogP contribution in [-0.4, -0.2) is 33.8 Å². The van der Waals surface area contributed by atoms with E-state index in [2.05, 4.69) is 20.7 Å². The maximum absolute atomic E-state index is 12.7. The van der Waals surface area contributed by atoms with Crippen molar-refractivity contribution in [2.45, 2.75) is 25.8 Å². The zero-order valence-corrected chi connectivity index (χ0v) is 16.3. The third-order valence-corrected chi connectivity index (χ3v) is 5.48. The van der Waals surface area contributed by atoms with Crippen molar-refractivity contribution in [3.8, 4) is 0 Å². The summed E-state index contributed by atoms with van der Waals surface area (Å²) in [5.74, 6) is -0.314. The zero-order valence-electron chi connectivity index (χ0n) is 14.8. The topological polar surface area (TPSA) is 71.8 Å². The highest BCUT2D eigenvalue weighted by molar-refractivity contribution is 6.39. The summed E-state index contributed by atoms with van der Waals surface area (Å²) in [6.07, 6.45) is 3.51. The maximum Gasteiger partial charge on any atom is 0.258 e. The van der Waals surface area contributed by atoms with E-state index in [4.69, 9.17) is 23.2 Å². The molecule has 2 N–H and O–H groups in total. The SMILES string of the molecule is Cc1nn(C2CCNCC2)c2ncc(C(=O)Nc3ccc(Cl)cc3)c(Cl)c12. The first kappa shape index (κ1) is 18.2. The molecule has 6 nitrogen and oxygen atoms in total. The number of nitrogens with one attached hydrogen (secondary N) is 2. The second-order valence-electron chi connectivity index (χ2n) is 6.66.